The number of likely N-dealkylation sites (N-methyl/N-ethyl adjacent to an activating group) is 1. The fourth-order valence-corrected chi connectivity index (χ4v) is 2.31. The standard InChI is InChI=1S/C16H26FNO/c1-5-8-14(18-7-3)15(6-2)19-16-11-12(4)9-10-13(16)17/h9-11,14-15,18H,5-8H2,1-4H3. The number of halogens is 1. The molecule has 1 aromatic rings. The van der Waals surface area contributed by atoms with Crippen molar-refractivity contribution in [2.45, 2.75) is 59.1 Å². The Labute approximate surface area is 116 Å². The summed E-state index contributed by atoms with van der Waals surface area (Å²) in [5.41, 5.74) is 1.02. The van der Waals surface area contributed by atoms with Crippen LogP contribution in [-0.2, 0) is 0 Å². The summed E-state index contributed by atoms with van der Waals surface area (Å²) in [5.74, 6) is 0.0849. The van der Waals surface area contributed by atoms with Crippen molar-refractivity contribution in [3.63, 3.8) is 0 Å². The first-order valence-electron chi connectivity index (χ1n) is 7.28. The van der Waals surface area contributed by atoms with Crippen LogP contribution in [0.25, 0.3) is 0 Å². The van der Waals surface area contributed by atoms with Crippen LogP contribution in [0.1, 0.15) is 45.6 Å². The molecule has 0 radical (unpaired) electrons. The third kappa shape index (κ3) is 4.83. The second-order valence-electron chi connectivity index (χ2n) is 4.95. The second kappa shape index (κ2) is 8.16. The van der Waals surface area contributed by atoms with E-state index in [1.54, 1.807) is 12.1 Å². The predicted octanol–water partition coefficient (Wildman–Crippen LogP) is 4.07. The Hall–Kier alpha value is -1.09. The van der Waals surface area contributed by atoms with Gasteiger partial charge in [-0.05, 0) is 44.0 Å². The van der Waals surface area contributed by atoms with Crippen LogP contribution in [0.15, 0.2) is 18.2 Å². The Bertz CT molecular complexity index is 375. The van der Waals surface area contributed by atoms with Crippen molar-refractivity contribution >= 4 is 0 Å². The molecule has 0 aromatic heterocycles. The van der Waals surface area contributed by atoms with Crippen LogP contribution in [0.2, 0.25) is 0 Å². The van der Waals surface area contributed by atoms with E-state index in [-0.39, 0.29) is 18.0 Å². The third-order valence-electron chi connectivity index (χ3n) is 3.28. The monoisotopic (exact) mass is 267 g/mol. The van der Waals surface area contributed by atoms with E-state index in [1.807, 2.05) is 6.92 Å². The molecule has 0 aliphatic carbocycles. The number of hydrogen-bond acceptors (Lipinski definition) is 2. The van der Waals surface area contributed by atoms with Crippen molar-refractivity contribution in [3.8, 4) is 5.75 Å². The summed E-state index contributed by atoms with van der Waals surface area (Å²) in [7, 11) is 0. The Kier molecular flexibility index (Phi) is 6.85. The average Bonchev–Trinajstić information content (AvgIpc) is 2.39. The summed E-state index contributed by atoms with van der Waals surface area (Å²) < 4.78 is 19.7. The maximum atomic E-state index is 13.8. The zero-order valence-corrected chi connectivity index (χ0v) is 12.5. The Morgan fingerprint density at radius 1 is 1.26 bits per heavy atom. The number of hydrogen-bond donors (Lipinski definition) is 1. The topological polar surface area (TPSA) is 21.3 Å². The van der Waals surface area contributed by atoms with Crippen LogP contribution in [0.5, 0.6) is 5.75 Å². The van der Waals surface area contributed by atoms with E-state index in [1.165, 1.54) is 6.07 Å². The molecule has 0 spiro atoms. The molecule has 108 valence electrons. The van der Waals surface area contributed by atoms with Crippen LogP contribution < -0.4 is 10.1 Å². The zero-order valence-electron chi connectivity index (χ0n) is 12.5. The van der Waals surface area contributed by atoms with Gasteiger partial charge in [-0.15, -0.1) is 0 Å². The Balaban J connectivity index is 2.81. The van der Waals surface area contributed by atoms with Gasteiger partial charge in [0.25, 0.3) is 0 Å². The lowest BCUT2D eigenvalue weighted by Crippen LogP contribution is -2.42. The van der Waals surface area contributed by atoms with Crippen LogP contribution in [0.3, 0.4) is 0 Å². The lowest BCUT2D eigenvalue weighted by Gasteiger charge is -2.28. The lowest BCUT2D eigenvalue weighted by atomic mass is 10.0. The quantitative estimate of drug-likeness (QED) is 0.766. The molecule has 1 aromatic carbocycles. The molecule has 0 fully saturated rings. The first kappa shape index (κ1) is 16.0. The molecule has 0 heterocycles. The molecule has 2 nitrogen and oxygen atoms in total. The van der Waals surface area contributed by atoms with E-state index in [0.717, 1.165) is 31.4 Å². The highest BCUT2D eigenvalue weighted by Gasteiger charge is 2.21. The smallest absolute Gasteiger partial charge is 0.165 e. The molecule has 1 rings (SSSR count). The summed E-state index contributed by atoms with van der Waals surface area (Å²) >= 11 is 0. The fraction of sp³-hybridized carbons (Fsp3) is 0.625. The van der Waals surface area contributed by atoms with Crippen LogP contribution >= 0.6 is 0 Å². The number of benzene rings is 1. The Morgan fingerprint density at radius 3 is 2.58 bits per heavy atom. The molecule has 19 heavy (non-hydrogen) atoms. The number of ether oxygens (including phenoxy) is 1. The molecule has 0 saturated heterocycles. The largest absolute Gasteiger partial charge is 0.486 e. The van der Waals surface area contributed by atoms with Crippen molar-refractivity contribution in [1.29, 1.82) is 0 Å². The van der Waals surface area contributed by atoms with Gasteiger partial charge >= 0.3 is 0 Å². The van der Waals surface area contributed by atoms with Gasteiger partial charge in [0.15, 0.2) is 11.6 Å². The number of rotatable bonds is 8. The lowest BCUT2D eigenvalue weighted by molar-refractivity contribution is 0.137. The molecule has 0 bridgehead atoms. The first-order valence-corrected chi connectivity index (χ1v) is 7.28. The van der Waals surface area contributed by atoms with Gasteiger partial charge in [-0.2, -0.15) is 0 Å². The van der Waals surface area contributed by atoms with Gasteiger partial charge in [-0.25, -0.2) is 4.39 Å². The molecule has 2 atom stereocenters. The highest BCUT2D eigenvalue weighted by molar-refractivity contribution is 5.29. The van der Waals surface area contributed by atoms with Gasteiger partial charge in [0.1, 0.15) is 6.10 Å². The fourth-order valence-electron chi connectivity index (χ4n) is 2.31. The molecular weight excluding hydrogens is 241 g/mol. The van der Waals surface area contributed by atoms with Crippen molar-refractivity contribution < 1.29 is 9.13 Å². The minimum Gasteiger partial charge on any atom is -0.486 e. The SMILES string of the molecule is CCCC(NCC)C(CC)Oc1cc(C)ccc1F. The molecular formula is C16H26FNO. The minimum atomic E-state index is -0.282. The van der Waals surface area contributed by atoms with Gasteiger partial charge in [-0.1, -0.05) is 33.3 Å². The summed E-state index contributed by atoms with van der Waals surface area (Å²) in [4.78, 5) is 0. The van der Waals surface area contributed by atoms with E-state index in [9.17, 15) is 4.39 Å². The highest BCUT2D eigenvalue weighted by atomic mass is 19.1. The number of aryl methyl sites for hydroxylation is 1. The zero-order chi connectivity index (χ0) is 14.3. The average molecular weight is 267 g/mol. The molecule has 0 aliphatic heterocycles. The highest BCUT2D eigenvalue weighted by Crippen LogP contribution is 2.22. The van der Waals surface area contributed by atoms with Crippen molar-refractivity contribution in [3.05, 3.63) is 29.6 Å². The van der Waals surface area contributed by atoms with Gasteiger partial charge < -0.3 is 10.1 Å². The molecule has 3 heteroatoms. The first-order chi connectivity index (χ1) is 9.12. The van der Waals surface area contributed by atoms with Crippen LogP contribution in [0.4, 0.5) is 4.39 Å². The van der Waals surface area contributed by atoms with Crippen molar-refractivity contribution in [2.75, 3.05) is 6.54 Å². The van der Waals surface area contributed by atoms with Gasteiger partial charge in [0, 0.05) is 6.04 Å². The van der Waals surface area contributed by atoms with E-state index in [0.29, 0.717) is 5.75 Å². The van der Waals surface area contributed by atoms with E-state index >= 15 is 0 Å². The van der Waals surface area contributed by atoms with Gasteiger partial charge in [-0.3, -0.25) is 0 Å². The summed E-state index contributed by atoms with van der Waals surface area (Å²) in [5, 5.41) is 3.44. The van der Waals surface area contributed by atoms with E-state index < -0.39 is 0 Å². The summed E-state index contributed by atoms with van der Waals surface area (Å²) in [6.07, 6.45) is 3.01. The Morgan fingerprint density at radius 2 is 2.00 bits per heavy atom. The predicted molar refractivity (Wildman–Crippen MR) is 78.2 cm³/mol. The van der Waals surface area contributed by atoms with Crippen molar-refractivity contribution in [2.24, 2.45) is 0 Å². The van der Waals surface area contributed by atoms with Crippen LogP contribution in [0, 0.1) is 12.7 Å². The molecule has 0 aliphatic rings. The summed E-state index contributed by atoms with van der Waals surface area (Å²) in [6, 6.07) is 5.28. The van der Waals surface area contributed by atoms with E-state index in [4.69, 9.17) is 4.74 Å². The maximum Gasteiger partial charge on any atom is 0.165 e. The maximum absolute atomic E-state index is 13.8. The van der Waals surface area contributed by atoms with Crippen molar-refractivity contribution in [1.82, 2.24) is 5.32 Å². The summed E-state index contributed by atoms with van der Waals surface area (Å²) in [6.45, 7) is 9.17. The molecule has 2 unspecified atom stereocenters. The number of nitrogens with one attached hydrogen (secondary N) is 1. The second-order valence-corrected chi connectivity index (χ2v) is 4.95. The molecule has 0 amide bonds. The molecule has 0 saturated carbocycles. The minimum absolute atomic E-state index is 0.0104. The van der Waals surface area contributed by atoms with Gasteiger partial charge in [0.05, 0.1) is 0 Å². The third-order valence-corrected chi connectivity index (χ3v) is 3.28. The van der Waals surface area contributed by atoms with E-state index in [2.05, 4.69) is 26.1 Å². The molecule has 1 N–H and O–H groups in total. The normalized spacial score (nSPS) is 14.2. The van der Waals surface area contributed by atoms with Crippen LogP contribution in [-0.4, -0.2) is 18.7 Å². The van der Waals surface area contributed by atoms with Gasteiger partial charge in [0.2, 0.25) is 0 Å².